The first kappa shape index (κ1) is 31.3. The molecule has 0 saturated carbocycles. The monoisotopic (exact) mass is 582 g/mol. The number of rotatable bonds is 11. The fraction of sp³-hybridized carbons (Fsp3) is 0.500. The third-order valence-electron chi connectivity index (χ3n) is 6.94. The maximum absolute atomic E-state index is 14.8. The van der Waals surface area contributed by atoms with Crippen molar-refractivity contribution in [2.24, 2.45) is 5.41 Å². The van der Waals surface area contributed by atoms with Crippen molar-refractivity contribution in [3.8, 4) is 23.0 Å². The molecule has 3 aromatic rings. The quantitative estimate of drug-likeness (QED) is 0.246. The number of anilines is 1. The van der Waals surface area contributed by atoms with Crippen LogP contribution in [0.4, 0.5) is 14.9 Å². The number of hydrogen-bond acceptors (Lipinski definition) is 7. The summed E-state index contributed by atoms with van der Waals surface area (Å²) in [6.07, 6.45) is 3.77. The molecule has 2 aromatic carbocycles. The van der Waals surface area contributed by atoms with Crippen LogP contribution in [0.2, 0.25) is 0 Å². The number of halogens is 1. The Morgan fingerprint density at radius 1 is 1.10 bits per heavy atom. The summed E-state index contributed by atoms with van der Waals surface area (Å²) in [7, 11) is 1.59. The molecule has 228 valence electrons. The van der Waals surface area contributed by atoms with E-state index in [1.54, 1.807) is 25.4 Å². The first-order valence-corrected chi connectivity index (χ1v) is 14.5. The van der Waals surface area contributed by atoms with E-state index in [-0.39, 0.29) is 29.1 Å². The molecule has 2 amide bonds. The lowest BCUT2D eigenvalue weighted by Crippen LogP contribution is -2.45. The maximum atomic E-state index is 14.8. The number of morpholine rings is 1. The number of carbonyl (C=O) groups is 1. The smallest absolute Gasteiger partial charge is 0.319 e. The lowest BCUT2D eigenvalue weighted by atomic mass is 9.92. The maximum Gasteiger partial charge on any atom is 0.319 e. The van der Waals surface area contributed by atoms with Gasteiger partial charge < -0.3 is 29.6 Å². The molecule has 42 heavy (non-hydrogen) atoms. The second kappa shape index (κ2) is 14.0. The lowest BCUT2D eigenvalue weighted by molar-refractivity contribution is -0.0686. The van der Waals surface area contributed by atoms with Gasteiger partial charge in [-0.25, -0.2) is 9.18 Å². The molecule has 0 aliphatic carbocycles. The predicted molar refractivity (Wildman–Crippen MR) is 162 cm³/mol. The Balaban J connectivity index is 1.38. The van der Waals surface area contributed by atoms with Gasteiger partial charge >= 0.3 is 6.03 Å². The molecule has 1 saturated heterocycles. The van der Waals surface area contributed by atoms with Gasteiger partial charge in [0.25, 0.3) is 0 Å². The highest BCUT2D eigenvalue weighted by molar-refractivity contribution is 5.90. The van der Waals surface area contributed by atoms with Crippen molar-refractivity contribution in [1.82, 2.24) is 15.2 Å². The molecule has 2 unspecified atom stereocenters. The number of benzene rings is 2. The van der Waals surface area contributed by atoms with Crippen LogP contribution < -0.4 is 24.8 Å². The average Bonchev–Trinajstić information content (AvgIpc) is 2.91. The van der Waals surface area contributed by atoms with Crippen LogP contribution in [-0.2, 0) is 4.74 Å². The first-order valence-electron chi connectivity index (χ1n) is 14.5. The molecule has 0 bridgehead atoms. The van der Waals surface area contributed by atoms with Crippen LogP contribution in [0.15, 0.2) is 42.6 Å². The van der Waals surface area contributed by atoms with Gasteiger partial charge in [0.2, 0.25) is 0 Å². The largest absolute Gasteiger partial charge is 0.493 e. The Bertz CT molecular complexity index is 1350. The number of nitrogens with zero attached hydrogens (tertiary/aromatic N) is 2. The highest BCUT2D eigenvalue weighted by Crippen LogP contribution is 2.37. The normalized spacial score (nSPS) is 17.6. The van der Waals surface area contributed by atoms with Crippen LogP contribution in [0.25, 0.3) is 10.9 Å². The number of pyridine rings is 1. The van der Waals surface area contributed by atoms with E-state index < -0.39 is 11.8 Å². The fourth-order valence-electron chi connectivity index (χ4n) is 4.93. The Morgan fingerprint density at radius 2 is 1.86 bits per heavy atom. The SMILES string of the molecule is COc1cc2c(Oc3ccc(NC(=O)NCCC(C)(C)C)c(F)c3)ccnc2cc1OCCCN1CC(C)OC(C)C1. The van der Waals surface area contributed by atoms with Gasteiger partial charge in [0.05, 0.1) is 37.1 Å². The molecule has 0 spiro atoms. The zero-order chi connectivity index (χ0) is 30.3. The molecule has 2 heterocycles. The van der Waals surface area contributed by atoms with Crippen molar-refractivity contribution in [3.05, 3.63) is 48.4 Å². The molecule has 1 aliphatic heterocycles. The molecule has 10 heteroatoms. The van der Waals surface area contributed by atoms with Crippen molar-refractivity contribution in [1.29, 1.82) is 0 Å². The van der Waals surface area contributed by atoms with Crippen molar-refractivity contribution in [2.45, 2.75) is 59.7 Å². The van der Waals surface area contributed by atoms with E-state index in [1.807, 2.05) is 12.1 Å². The van der Waals surface area contributed by atoms with Crippen LogP contribution in [0.3, 0.4) is 0 Å². The summed E-state index contributed by atoms with van der Waals surface area (Å²) in [6.45, 7) is 14.3. The number of fused-ring (bicyclic) bond motifs is 1. The van der Waals surface area contributed by atoms with Crippen LogP contribution in [0, 0.1) is 11.2 Å². The summed E-state index contributed by atoms with van der Waals surface area (Å²) in [5, 5.41) is 6.00. The van der Waals surface area contributed by atoms with E-state index in [2.05, 4.69) is 55.1 Å². The number of amides is 2. The Morgan fingerprint density at radius 3 is 2.55 bits per heavy atom. The zero-order valence-electron chi connectivity index (χ0n) is 25.5. The number of carbonyl (C=O) groups excluding carboxylic acids is 1. The summed E-state index contributed by atoms with van der Waals surface area (Å²) in [6, 6.07) is 9.20. The summed E-state index contributed by atoms with van der Waals surface area (Å²) < 4.78 is 38.4. The lowest BCUT2D eigenvalue weighted by Gasteiger charge is -2.35. The van der Waals surface area contributed by atoms with E-state index >= 15 is 0 Å². The molecule has 9 nitrogen and oxygen atoms in total. The topological polar surface area (TPSA) is 94.2 Å². The molecular formula is C32H43FN4O5. The van der Waals surface area contributed by atoms with Crippen LogP contribution in [0.1, 0.15) is 47.5 Å². The van der Waals surface area contributed by atoms with E-state index in [1.165, 1.54) is 12.1 Å². The molecule has 1 aromatic heterocycles. The van der Waals surface area contributed by atoms with E-state index in [0.717, 1.165) is 32.5 Å². The third kappa shape index (κ3) is 8.93. The van der Waals surface area contributed by atoms with Crippen molar-refractivity contribution in [3.63, 3.8) is 0 Å². The second-order valence-corrected chi connectivity index (χ2v) is 12.0. The number of methoxy groups -OCH3 is 1. The number of nitrogens with one attached hydrogen (secondary N) is 2. The van der Waals surface area contributed by atoms with E-state index in [9.17, 15) is 9.18 Å². The van der Waals surface area contributed by atoms with Gasteiger partial charge in [-0.3, -0.25) is 9.88 Å². The van der Waals surface area contributed by atoms with Gasteiger partial charge in [-0.05, 0) is 56.4 Å². The minimum atomic E-state index is -0.605. The van der Waals surface area contributed by atoms with Crippen molar-refractivity contribution < 1.29 is 28.1 Å². The average molecular weight is 583 g/mol. The van der Waals surface area contributed by atoms with Gasteiger partial charge in [0, 0.05) is 49.9 Å². The van der Waals surface area contributed by atoms with Crippen LogP contribution >= 0.6 is 0 Å². The molecular weight excluding hydrogens is 539 g/mol. The number of hydrogen-bond donors (Lipinski definition) is 2. The number of ether oxygens (including phenoxy) is 4. The second-order valence-electron chi connectivity index (χ2n) is 12.0. The molecule has 1 fully saturated rings. The van der Waals surface area contributed by atoms with E-state index in [4.69, 9.17) is 18.9 Å². The van der Waals surface area contributed by atoms with Crippen molar-refractivity contribution in [2.75, 3.05) is 45.2 Å². The van der Waals surface area contributed by atoms with Gasteiger partial charge in [-0.15, -0.1) is 0 Å². The molecule has 0 radical (unpaired) electrons. The molecule has 2 atom stereocenters. The highest BCUT2D eigenvalue weighted by atomic mass is 19.1. The Kier molecular flexibility index (Phi) is 10.5. The highest BCUT2D eigenvalue weighted by Gasteiger charge is 2.22. The summed E-state index contributed by atoms with van der Waals surface area (Å²) in [5.74, 6) is 1.31. The predicted octanol–water partition coefficient (Wildman–Crippen LogP) is 6.61. The van der Waals surface area contributed by atoms with Crippen LogP contribution in [0.5, 0.6) is 23.0 Å². The minimum absolute atomic E-state index is 0.0660. The number of urea groups is 1. The Hall–Kier alpha value is -3.63. The standard InChI is InChI=1S/C32H43FN4O5/c1-21-19-37(20-22(2)41-21)14-7-15-40-30-18-27-24(17-29(30)39-6)28(10-12-34-27)42-23-8-9-26(25(33)16-23)36-31(38)35-13-11-32(3,4)5/h8-10,12,16-18,21-22H,7,11,13-15,19-20H2,1-6H3,(H2,35,36,38). The van der Waals surface area contributed by atoms with Gasteiger partial charge in [0.15, 0.2) is 11.5 Å². The van der Waals surface area contributed by atoms with E-state index in [0.29, 0.717) is 41.3 Å². The van der Waals surface area contributed by atoms with Gasteiger partial charge in [0.1, 0.15) is 17.3 Å². The molecule has 4 rings (SSSR count). The first-order chi connectivity index (χ1) is 20.0. The van der Waals surface area contributed by atoms with Gasteiger partial charge in [-0.1, -0.05) is 20.8 Å². The summed E-state index contributed by atoms with van der Waals surface area (Å²) >= 11 is 0. The molecule has 2 N–H and O–H groups in total. The fourth-order valence-corrected chi connectivity index (χ4v) is 4.93. The minimum Gasteiger partial charge on any atom is -0.493 e. The number of aromatic nitrogens is 1. The van der Waals surface area contributed by atoms with Crippen LogP contribution in [-0.4, -0.2) is 68.0 Å². The Labute approximate surface area is 247 Å². The van der Waals surface area contributed by atoms with Gasteiger partial charge in [-0.2, -0.15) is 0 Å². The molecule has 1 aliphatic rings. The summed E-state index contributed by atoms with van der Waals surface area (Å²) in [5.41, 5.74) is 0.815. The summed E-state index contributed by atoms with van der Waals surface area (Å²) in [4.78, 5) is 19.1. The van der Waals surface area contributed by atoms with Crippen molar-refractivity contribution >= 4 is 22.6 Å². The third-order valence-corrected chi connectivity index (χ3v) is 6.94. The zero-order valence-corrected chi connectivity index (χ0v) is 25.5.